The van der Waals surface area contributed by atoms with Gasteiger partial charge in [0.2, 0.25) is 0 Å². The number of fused-ring (bicyclic) bond motifs is 1. The molecule has 1 atom stereocenters. The average Bonchev–Trinajstić information content (AvgIpc) is 2.61. The molecule has 4 nitrogen and oxygen atoms in total. The molecule has 1 unspecified atom stereocenters. The number of hydrogen-bond acceptors (Lipinski definition) is 4. The van der Waals surface area contributed by atoms with E-state index in [2.05, 4.69) is 33.9 Å². The lowest BCUT2D eigenvalue weighted by molar-refractivity contribution is 0.412. The van der Waals surface area contributed by atoms with Gasteiger partial charge in [-0.3, -0.25) is 0 Å². The second-order valence-corrected chi connectivity index (χ2v) is 7.39. The van der Waals surface area contributed by atoms with Crippen LogP contribution in [0.1, 0.15) is 43.0 Å². The summed E-state index contributed by atoms with van der Waals surface area (Å²) < 4.78 is 6.19. The van der Waals surface area contributed by atoms with Crippen molar-refractivity contribution >= 4 is 21.7 Å². The Morgan fingerprint density at radius 3 is 2.88 bits per heavy atom. The summed E-state index contributed by atoms with van der Waals surface area (Å²) in [6, 6.07) is 8.17. The zero-order chi connectivity index (χ0) is 18.0. The summed E-state index contributed by atoms with van der Waals surface area (Å²) in [7, 11) is 1.64. The predicted molar refractivity (Wildman–Crippen MR) is 103 cm³/mol. The van der Waals surface area contributed by atoms with E-state index in [4.69, 9.17) is 10.5 Å². The van der Waals surface area contributed by atoms with E-state index >= 15 is 0 Å². The minimum atomic E-state index is 0.331. The number of nitrogens with zero attached hydrogens (tertiary/aromatic N) is 2. The van der Waals surface area contributed by atoms with E-state index in [1.165, 1.54) is 18.4 Å². The van der Waals surface area contributed by atoms with Crippen molar-refractivity contribution in [3.63, 3.8) is 0 Å². The Hall–Kier alpha value is -2.06. The van der Waals surface area contributed by atoms with Crippen LogP contribution in [0.15, 0.2) is 22.7 Å². The standard InChI is InChI=1S/C20H22BrN3O/c1-3-4-12-5-7-17-14(9-12)19(15(11-22)20(23)24-17)13-6-8-18(25-2)16(21)10-13/h6,8,10,12H,3-5,7,9H2,1-2H3,(H2,23,24). The van der Waals surface area contributed by atoms with Crippen molar-refractivity contribution in [1.29, 1.82) is 5.26 Å². The number of aromatic nitrogens is 1. The number of nitrogen functional groups attached to an aromatic ring is 1. The highest BCUT2D eigenvalue weighted by Crippen LogP contribution is 2.40. The van der Waals surface area contributed by atoms with Crippen molar-refractivity contribution in [3.05, 3.63) is 39.5 Å². The van der Waals surface area contributed by atoms with Gasteiger partial charge in [-0.25, -0.2) is 4.98 Å². The molecule has 1 aromatic carbocycles. The summed E-state index contributed by atoms with van der Waals surface area (Å²) in [5.41, 5.74) is 10.7. The largest absolute Gasteiger partial charge is 0.496 e. The van der Waals surface area contributed by atoms with Gasteiger partial charge in [0.05, 0.1) is 11.6 Å². The Bertz CT molecular complexity index is 842. The zero-order valence-corrected chi connectivity index (χ0v) is 16.2. The molecular weight excluding hydrogens is 378 g/mol. The summed E-state index contributed by atoms with van der Waals surface area (Å²) in [5, 5.41) is 9.70. The first-order chi connectivity index (χ1) is 12.1. The third-order valence-electron chi connectivity index (χ3n) is 4.94. The second kappa shape index (κ2) is 7.45. The molecular formula is C20H22BrN3O. The molecule has 2 N–H and O–H groups in total. The average molecular weight is 400 g/mol. The smallest absolute Gasteiger partial charge is 0.142 e. The van der Waals surface area contributed by atoms with E-state index in [0.29, 0.717) is 17.3 Å². The van der Waals surface area contributed by atoms with Gasteiger partial charge in [0.1, 0.15) is 23.2 Å². The first-order valence-electron chi connectivity index (χ1n) is 8.64. The predicted octanol–water partition coefficient (Wildman–Crippen LogP) is 4.88. The summed E-state index contributed by atoms with van der Waals surface area (Å²) >= 11 is 3.55. The van der Waals surface area contributed by atoms with Gasteiger partial charge in [-0.1, -0.05) is 25.8 Å². The molecule has 0 aliphatic heterocycles. The number of hydrogen-bond donors (Lipinski definition) is 1. The van der Waals surface area contributed by atoms with Gasteiger partial charge in [-0.2, -0.15) is 5.26 Å². The molecule has 0 amide bonds. The van der Waals surface area contributed by atoms with E-state index in [1.54, 1.807) is 7.11 Å². The molecule has 0 saturated heterocycles. The molecule has 1 aliphatic rings. The van der Waals surface area contributed by atoms with Crippen LogP contribution in [0.2, 0.25) is 0 Å². The van der Waals surface area contributed by atoms with Gasteiger partial charge in [0, 0.05) is 11.3 Å². The molecule has 1 heterocycles. The fourth-order valence-corrected chi connectivity index (χ4v) is 4.30. The molecule has 5 heteroatoms. The van der Waals surface area contributed by atoms with Gasteiger partial charge in [0.25, 0.3) is 0 Å². The summed E-state index contributed by atoms with van der Waals surface area (Å²) in [6.07, 6.45) is 5.42. The number of ether oxygens (including phenoxy) is 1. The van der Waals surface area contributed by atoms with E-state index in [9.17, 15) is 5.26 Å². The van der Waals surface area contributed by atoms with Crippen LogP contribution >= 0.6 is 15.9 Å². The van der Waals surface area contributed by atoms with Crippen molar-refractivity contribution in [2.75, 3.05) is 12.8 Å². The number of nitriles is 1. The molecule has 2 aromatic rings. The molecule has 1 aliphatic carbocycles. The highest BCUT2D eigenvalue weighted by Gasteiger charge is 2.26. The lowest BCUT2D eigenvalue weighted by Crippen LogP contribution is -2.18. The zero-order valence-electron chi connectivity index (χ0n) is 14.6. The number of nitrogens with two attached hydrogens (primary N) is 1. The Kier molecular flexibility index (Phi) is 5.29. The highest BCUT2D eigenvalue weighted by atomic mass is 79.9. The van der Waals surface area contributed by atoms with Crippen molar-refractivity contribution in [1.82, 2.24) is 4.98 Å². The molecule has 25 heavy (non-hydrogen) atoms. The third kappa shape index (κ3) is 3.36. The monoisotopic (exact) mass is 399 g/mol. The van der Waals surface area contributed by atoms with Crippen molar-refractivity contribution < 1.29 is 4.74 Å². The Labute approximate surface area is 157 Å². The molecule has 0 saturated carbocycles. The summed E-state index contributed by atoms with van der Waals surface area (Å²) in [4.78, 5) is 4.54. The minimum Gasteiger partial charge on any atom is -0.496 e. The third-order valence-corrected chi connectivity index (χ3v) is 5.56. The fourth-order valence-electron chi connectivity index (χ4n) is 3.76. The van der Waals surface area contributed by atoms with E-state index in [0.717, 1.165) is 46.3 Å². The number of benzene rings is 1. The molecule has 1 aromatic heterocycles. The molecule has 130 valence electrons. The normalized spacial score (nSPS) is 16.2. The van der Waals surface area contributed by atoms with Crippen LogP contribution in [0.3, 0.4) is 0 Å². The lowest BCUT2D eigenvalue weighted by Gasteiger charge is -2.27. The number of halogens is 1. The Balaban J connectivity index is 2.19. The SMILES string of the molecule is CCCC1CCc2nc(N)c(C#N)c(-c3ccc(OC)c(Br)c3)c2C1. The Morgan fingerprint density at radius 1 is 1.44 bits per heavy atom. The van der Waals surface area contributed by atoms with Gasteiger partial charge in [-0.15, -0.1) is 0 Å². The van der Waals surface area contributed by atoms with Crippen molar-refractivity contribution in [3.8, 4) is 22.9 Å². The van der Waals surface area contributed by atoms with Crippen LogP contribution in [-0.2, 0) is 12.8 Å². The van der Waals surface area contributed by atoms with Gasteiger partial charge in [-0.05, 0) is 64.4 Å². The lowest BCUT2D eigenvalue weighted by atomic mass is 9.79. The maximum atomic E-state index is 9.70. The number of pyridine rings is 1. The number of anilines is 1. The molecule has 3 rings (SSSR count). The maximum absolute atomic E-state index is 9.70. The maximum Gasteiger partial charge on any atom is 0.142 e. The van der Waals surface area contributed by atoms with E-state index < -0.39 is 0 Å². The summed E-state index contributed by atoms with van der Waals surface area (Å²) in [6.45, 7) is 2.22. The quantitative estimate of drug-likeness (QED) is 0.794. The molecule has 0 spiro atoms. The first-order valence-corrected chi connectivity index (χ1v) is 9.43. The van der Waals surface area contributed by atoms with E-state index in [1.807, 2.05) is 18.2 Å². The second-order valence-electron chi connectivity index (χ2n) is 6.53. The van der Waals surface area contributed by atoms with Crippen molar-refractivity contribution in [2.45, 2.75) is 39.0 Å². The van der Waals surface area contributed by atoms with Gasteiger partial charge < -0.3 is 10.5 Å². The topological polar surface area (TPSA) is 71.9 Å². The van der Waals surface area contributed by atoms with E-state index in [-0.39, 0.29) is 0 Å². The van der Waals surface area contributed by atoms with Crippen LogP contribution in [0.5, 0.6) is 5.75 Å². The van der Waals surface area contributed by atoms with Crippen LogP contribution in [0.25, 0.3) is 11.1 Å². The van der Waals surface area contributed by atoms with Crippen LogP contribution in [0, 0.1) is 17.2 Å². The number of aryl methyl sites for hydroxylation is 1. The molecule has 0 radical (unpaired) electrons. The van der Waals surface area contributed by atoms with Crippen molar-refractivity contribution in [2.24, 2.45) is 5.92 Å². The number of methoxy groups -OCH3 is 1. The minimum absolute atomic E-state index is 0.331. The highest BCUT2D eigenvalue weighted by molar-refractivity contribution is 9.10. The first kappa shape index (κ1) is 17.8. The number of rotatable bonds is 4. The fraction of sp³-hybridized carbons (Fsp3) is 0.400. The molecule has 0 bridgehead atoms. The van der Waals surface area contributed by atoms with Crippen LogP contribution in [-0.4, -0.2) is 12.1 Å². The van der Waals surface area contributed by atoms with Gasteiger partial charge in [0.15, 0.2) is 0 Å². The Morgan fingerprint density at radius 2 is 2.24 bits per heavy atom. The molecule has 0 fully saturated rings. The van der Waals surface area contributed by atoms with Gasteiger partial charge >= 0.3 is 0 Å². The van der Waals surface area contributed by atoms with Crippen LogP contribution < -0.4 is 10.5 Å². The van der Waals surface area contributed by atoms with Crippen LogP contribution in [0.4, 0.5) is 5.82 Å². The summed E-state index contributed by atoms with van der Waals surface area (Å²) in [5.74, 6) is 1.74.